The van der Waals surface area contributed by atoms with E-state index in [0.717, 1.165) is 42.1 Å². The molecule has 1 spiro atoms. The molecule has 0 radical (unpaired) electrons. The van der Waals surface area contributed by atoms with E-state index < -0.39 is 5.97 Å². The number of halogens is 1. The second kappa shape index (κ2) is 8.82. The number of benzene rings is 3. The van der Waals surface area contributed by atoms with Gasteiger partial charge in [-0.05, 0) is 66.0 Å². The number of carbonyl (C=O) groups excluding carboxylic acids is 1. The first-order chi connectivity index (χ1) is 17.4. The Kier molecular flexibility index (Phi) is 5.60. The van der Waals surface area contributed by atoms with Gasteiger partial charge in [-0.25, -0.2) is 0 Å². The highest BCUT2D eigenvalue weighted by Gasteiger charge is 2.55. The standard InChI is InChI=1S/C30H27ClN2O3/c31-26-11-10-25(28(34)32-23-16-30(17-23)14-22(15-30)29(35)36)27-24(26)12-13-33(27)18-19-6-8-21(9-7-19)20-4-2-1-3-5-20/h1-13,22-23H,14-18H2,(H,32,34)(H,35,36). The molecule has 0 unspecified atom stereocenters. The van der Waals surface area contributed by atoms with Crippen molar-refractivity contribution in [1.29, 1.82) is 0 Å². The molecule has 1 amide bonds. The molecule has 0 atom stereocenters. The normalized spacial score (nSPS) is 22.7. The summed E-state index contributed by atoms with van der Waals surface area (Å²) in [6, 6.07) is 24.4. The average molecular weight is 499 g/mol. The third kappa shape index (κ3) is 4.07. The molecule has 6 heteroatoms. The molecule has 36 heavy (non-hydrogen) atoms. The highest BCUT2D eigenvalue weighted by molar-refractivity contribution is 6.36. The van der Waals surface area contributed by atoms with E-state index >= 15 is 0 Å². The summed E-state index contributed by atoms with van der Waals surface area (Å²) < 4.78 is 2.08. The van der Waals surface area contributed by atoms with Crippen molar-refractivity contribution in [2.75, 3.05) is 0 Å². The van der Waals surface area contributed by atoms with Crippen LogP contribution in [0.3, 0.4) is 0 Å². The summed E-state index contributed by atoms with van der Waals surface area (Å²) in [4.78, 5) is 24.4. The van der Waals surface area contributed by atoms with Crippen LogP contribution < -0.4 is 5.32 Å². The lowest BCUT2D eigenvalue weighted by atomic mass is 9.50. The predicted octanol–water partition coefficient (Wildman–Crippen LogP) is 6.38. The molecular weight excluding hydrogens is 472 g/mol. The van der Waals surface area contributed by atoms with E-state index in [1.54, 1.807) is 12.1 Å². The third-order valence-corrected chi connectivity index (χ3v) is 8.26. The lowest BCUT2D eigenvalue weighted by Crippen LogP contribution is -2.57. The minimum Gasteiger partial charge on any atom is -0.481 e. The molecule has 3 aromatic carbocycles. The largest absolute Gasteiger partial charge is 0.481 e. The molecule has 2 saturated carbocycles. The molecule has 0 bridgehead atoms. The number of carbonyl (C=O) groups is 2. The summed E-state index contributed by atoms with van der Waals surface area (Å²) >= 11 is 6.49. The molecule has 182 valence electrons. The van der Waals surface area contributed by atoms with Gasteiger partial charge in [0.05, 0.1) is 17.0 Å². The van der Waals surface area contributed by atoms with E-state index in [1.165, 1.54) is 11.1 Å². The van der Waals surface area contributed by atoms with E-state index in [9.17, 15) is 9.59 Å². The van der Waals surface area contributed by atoms with Crippen molar-refractivity contribution in [2.24, 2.45) is 11.3 Å². The molecule has 1 heterocycles. The molecule has 2 aliphatic carbocycles. The Morgan fingerprint density at radius 2 is 1.61 bits per heavy atom. The van der Waals surface area contributed by atoms with Gasteiger partial charge in [-0.3, -0.25) is 9.59 Å². The van der Waals surface area contributed by atoms with Gasteiger partial charge in [0.15, 0.2) is 0 Å². The van der Waals surface area contributed by atoms with Crippen LogP contribution in [0.15, 0.2) is 79.0 Å². The topological polar surface area (TPSA) is 71.3 Å². The lowest BCUT2D eigenvalue weighted by molar-refractivity contribution is -0.155. The van der Waals surface area contributed by atoms with E-state index in [2.05, 4.69) is 46.3 Å². The summed E-state index contributed by atoms with van der Waals surface area (Å²) in [5.74, 6) is -1.03. The summed E-state index contributed by atoms with van der Waals surface area (Å²) in [5.41, 5.74) is 5.03. The van der Waals surface area contributed by atoms with E-state index in [-0.39, 0.29) is 23.3 Å². The Labute approximate surface area is 214 Å². The number of fused-ring (bicyclic) bond motifs is 1. The Balaban J connectivity index is 1.19. The molecule has 0 aliphatic heterocycles. The summed E-state index contributed by atoms with van der Waals surface area (Å²) in [5, 5.41) is 13.8. The van der Waals surface area contributed by atoms with Crippen molar-refractivity contribution in [3.63, 3.8) is 0 Å². The van der Waals surface area contributed by atoms with Crippen molar-refractivity contribution in [2.45, 2.75) is 38.3 Å². The van der Waals surface area contributed by atoms with Crippen molar-refractivity contribution >= 4 is 34.4 Å². The monoisotopic (exact) mass is 498 g/mol. The van der Waals surface area contributed by atoms with E-state index in [0.29, 0.717) is 17.1 Å². The van der Waals surface area contributed by atoms with Crippen LogP contribution in [-0.4, -0.2) is 27.6 Å². The first kappa shape index (κ1) is 22.9. The van der Waals surface area contributed by atoms with Crippen LogP contribution in [0.1, 0.15) is 41.6 Å². The highest BCUT2D eigenvalue weighted by Crippen LogP contribution is 2.58. The molecule has 4 aromatic rings. The molecular formula is C30H27ClN2O3. The van der Waals surface area contributed by atoms with Gasteiger partial charge in [0.1, 0.15) is 0 Å². The molecule has 6 rings (SSSR count). The lowest BCUT2D eigenvalue weighted by Gasteiger charge is -2.56. The zero-order valence-electron chi connectivity index (χ0n) is 19.8. The number of aromatic nitrogens is 1. The number of aliphatic carboxylic acids is 1. The predicted molar refractivity (Wildman–Crippen MR) is 141 cm³/mol. The minimum atomic E-state index is -0.702. The fraction of sp³-hybridized carbons (Fsp3) is 0.267. The molecule has 2 fully saturated rings. The Hall–Kier alpha value is -3.57. The van der Waals surface area contributed by atoms with E-state index in [1.807, 2.05) is 30.5 Å². The number of rotatable bonds is 6. The van der Waals surface area contributed by atoms with Gasteiger partial charge in [0.2, 0.25) is 0 Å². The second-order valence-corrected chi connectivity index (χ2v) is 10.8. The summed E-state index contributed by atoms with van der Waals surface area (Å²) in [6.45, 7) is 0.627. The summed E-state index contributed by atoms with van der Waals surface area (Å²) in [6.07, 6.45) is 5.15. The fourth-order valence-electron chi connectivity index (χ4n) is 6.08. The van der Waals surface area contributed by atoms with Crippen molar-refractivity contribution in [3.8, 4) is 11.1 Å². The Morgan fingerprint density at radius 1 is 0.917 bits per heavy atom. The van der Waals surface area contributed by atoms with Crippen molar-refractivity contribution in [3.05, 3.63) is 95.1 Å². The van der Waals surface area contributed by atoms with Crippen LogP contribution in [0, 0.1) is 11.3 Å². The molecule has 2 N–H and O–H groups in total. The van der Waals surface area contributed by atoms with Crippen LogP contribution in [0.4, 0.5) is 0 Å². The van der Waals surface area contributed by atoms with Crippen LogP contribution in [0.2, 0.25) is 5.02 Å². The van der Waals surface area contributed by atoms with Gasteiger partial charge < -0.3 is 15.0 Å². The van der Waals surface area contributed by atoms with Crippen LogP contribution in [0.25, 0.3) is 22.0 Å². The zero-order chi connectivity index (χ0) is 24.9. The molecule has 5 nitrogen and oxygen atoms in total. The Morgan fingerprint density at radius 3 is 2.31 bits per heavy atom. The highest BCUT2D eigenvalue weighted by atomic mass is 35.5. The SMILES string of the molecule is O=C(NC1CC2(C1)CC(C(=O)O)C2)c1ccc(Cl)c2ccn(Cc3ccc(-c4ccccc4)cc3)c12. The van der Waals surface area contributed by atoms with Crippen LogP contribution in [0.5, 0.6) is 0 Å². The van der Waals surface area contributed by atoms with Crippen LogP contribution in [-0.2, 0) is 11.3 Å². The number of hydrogen-bond acceptors (Lipinski definition) is 2. The number of nitrogens with zero attached hydrogens (tertiary/aromatic N) is 1. The third-order valence-electron chi connectivity index (χ3n) is 7.93. The molecule has 1 aromatic heterocycles. The first-order valence-electron chi connectivity index (χ1n) is 12.4. The average Bonchev–Trinajstić information content (AvgIpc) is 3.25. The van der Waals surface area contributed by atoms with Gasteiger partial charge in [0, 0.05) is 29.2 Å². The maximum absolute atomic E-state index is 13.3. The van der Waals surface area contributed by atoms with Gasteiger partial charge in [0.25, 0.3) is 5.91 Å². The number of nitrogens with one attached hydrogen (secondary N) is 1. The zero-order valence-corrected chi connectivity index (χ0v) is 20.5. The van der Waals surface area contributed by atoms with Crippen molar-refractivity contribution < 1.29 is 14.7 Å². The maximum Gasteiger partial charge on any atom is 0.306 e. The van der Waals surface area contributed by atoms with Gasteiger partial charge in [-0.15, -0.1) is 0 Å². The van der Waals surface area contributed by atoms with E-state index in [4.69, 9.17) is 16.7 Å². The minimum absolute atomic E-state index is 0.0897. The molecule has 2 aliphatic rings. The summed E-state index contributed by atoms with van der Waals surface area (Å²) in [7, 11) is 0. The Bertz CT molecular complexity index is 1450. The molecule has 0 saturated heterocycles. The fourth-order valence-corrected chi connectivity index (χ4v) is 6.30. The van der Waals surface area contributed by atoms with Crippen LogP contribution >= 0.6 is 11.6 Å². The number of carboxylic acid groups (broad SMARTS) is 1. The quantitative estimate of drug-likeness (QED) is 0.324. The maximum atomic E-state index is 13.3. The first-order valence-corrected chi connectivity index (χ1v) is 12.7. The number of amides is 1. The van der Waals surface area contributed by atoms with Gasteiger partial charge in [-0.1, -0.05) is 66.2 Å². The van der Waals surface area contributed by atoms with Gasteiger partial charge >= 0.3 is 5.97 Å². The number of hydrogen-bond donors (Lipinski definition) is 2. The smallest absolute Gasteiger partial charge is 0.306 e. The van der Waals surface area contributed by atoms with Crippen molar-refractivity contribution in [1.82, 2.24) is 9.88 Å². The van der Waals surface area contributed by atoms with Gasteiger partial charge in [-0.2, -0.15) is 0 Å². The number of carboxylic acids is 1. The second-order valence-electron chi connectivity index (χ2n) is 10.4.